The summed E-state index contributed by atoms with van der Waals surface area (Å²) in [4.78, 5) is 13.1. The molecule has 0 spiro atoms. The van der Waals surface area contributed by atoms with Gasteiger partial charge >= 0.3 is 5.97 Å². The van der Waals surface area contributed by atoms with Gasteiger partial charge in [0.05, 0.1) is 6.42 Å². The van der Waals surface area contributed by atoms with Gasteiger partial charge in [0.25, 0.3) is 0 Å². The van der Waals surface area contributed by atoms with Gasteiger partial charge in [-0.2, -0.15) is 0 Å². The predicted molar refractivity (Wildman–Crippen MR) is 80.8 cm³/mol. The van der Waals surface area contributed by atoms with Crippen LogP contribution in [0.5, 0.6) is 0 Å². The van der Waals surface area contributed by atoms with Crippen molar-refractivity contribution in [3.63, 3.8) is 0 Å². The molecular formula is C17H25NO2. The van der Waals surface area contributed by atoms with Crippen LogP contribution in [0.2, 0.25) is 0 Å². The Morgan fingerprint density at radius 1 is 1.35 bits per heavy atom. The number of aliphatic carboxylic acids is 1. The summed E-state index contributed by atoms with van der Waals surface area (Å²) in [5.74, 6) is -0.707. The molecule has 1 saturated carbocycles. The molecule has 0 amide bonds. The van der Waals surface area contributed by atoms with Gasteiger partial charge in [0.2, 0.25) is 0 Å². The molecule has 1 aliphatic carbocycles. The quantitative estimate of drug-likeness (QED) is 0.787. The third-order valence-corrected chi connectivity index (χ3v) is 4.10. The van der Waals surface area contributed by atoms with E-state index in [1.807, 2.05) is 0 Å². The number of benzene rings is 1. The third kappa shape index (κ3) is 4.07. The lowest BCUT2D eigenvalue weighted by molar-refractivity contribution is -0.137. The van der Waals surface area contributed by atoms with Gasteiger partial charge in [0.15, 0.2) is 0 Å². The second-order valence-electron chi connectivity index (χ2n) is 5.78. The Morgan fingerprint density at radius 3 is 2.50 bits per heavy atom. The van der Waals surface area contributed by atoms with Gasteiger partial charge in [-0.3, -0.25) is 9.69 Å². The fourth-order valence-electron chi connectivity index (χ4n) is 2.77. The minimum Gasteiger partial charge on any atom is -0.481 e. The lowest BCUT2D eigenvalue weighted by Gasteiger charge is -2.29. The van der Waals surface area contributed by atoms with Crippen LogP contribution in [-0.4, -0.2) is 28.6 Å². The van der Waals surface area contributed by atoms with E-state index in [9.17, 15) is 4.79 Å². The second kappa shape index (κ2) is 6.89. The lowest BCUT2D eigenvalue weighted by atomic mass is 10.0. The number of nitrogens with zero attached hydrogens (tertiary/aromatic N) is 1. The number of hydrogen-bond acceptors (Lipinski definition) is 2. The Labute approximate surface area is 121 Å². The maximum absolute atomic E-state index is 10.8. The summed E-state index contributed by atoms with van der Waals surface area (Å²) >= 11 is 0. The average molecular weight is 275 g/mol. The van der Waals surface area contributed by atoms with E-state index in [0.717, 1.165) is 6.42 Å². The van der Waals surface area contributed by atoms with Crippen molar-refractivity contribution in [1.82, 2.24) is 4.90 Å². The van der Waals surface area contributed by atoms with E-state index in [4.69, 9.17) is 5.11 Å². The standard InChI is InChI=1S/C17H25NO2/c1-3-4-14-5-7-15(8-6-14)13(2)18(16-9-10-16)12-11-17(19)20/h5-8,13,16H,3-4,9-12H2,1-2H3,(H,19,20). The summed E-state index contributed by atoms with van der Waals surface area (Å²) in [7, 11) is 0. The largest absolute Gasteiger partial charge is 0.481 e. The van der Waals surface area contributed by atoms with Gasteiger partial charge in [0.1, 0.15) is 0 Å². The topological polar surface area (TPSA) is 40.5 Å². The van der Waals surface area contributed by atoms with Crippen molar-refractivity contribution < 1.29 is 9.90 Å². The van der Waals surface area contributed by atoms with Crippen LogP contribution in [0, 0.1) is 0 Å². The molecule has 3 heteroatoms. The highest BCUT2D eigenvalue weighted by Crippen LogP contribution is 2.34. The molecule has 0 aliphatic heterocycles. The zero-order valence-corrected chi connectivity index (χ0v) is 12.5. The van der Waals surface area contributed by atoms with Crippen molar-refractivity contribution in [3.05, 3.63) is 35.4 Å². The van der Waals surface area contributed by atoms with Crippen molar-refractivity contribution >= 4 is 5.97 Å². The van der Waals surface area contributed by atoms with E-state index in [2.05, 4.69) is 43.0 Å². The number of carboxylic acids is 1. The minimum atomic E-state index is -0.707. The highest BCUT2D eigenvalue weighted by molar-refractivity contribution is 5.66. The SMILES string of the molecule is CCCc1ccc(C(C)N(CCC(=O)O)C2CC2)cc1. The Hall–Kier alpha value is -1.35. The van der Waals surface area contributed by atoms with Gasteiger partial charge in [-0.05, 0) is 37.3 Å². The Bertz CT molecular complexity index is 437. The van der Waals surface area contributed by atoms with Crippen LogP contribution < -0.4 is 0 Å². The first-order chi connectivity index (χ1) is 9.61. The molecule has 1 atom stereocenters. The van der Waals surface area contributed by atoms with Gasteiger partial charge in [0, 0.05) is 18.6 Å². The van der Waals surface area contributed by atoms with Crippen LogP contribution in [0.15, 0.2) is 24.3 Å². The molecule has 1 N–H and O–H groups in total. The summed E-state index contributed by atoms with van der Waals surface area (Å²) in [6.07, 6.45) is 4.94. The van der Waals surface area contributed by atoms with Gasteiger partial charge in [-0.15, -0.1) is 0 Å². The minimum absolute atomic E-state index is 0.231. The first-order valence-corrected chi connectivity index (χ1v) is 7.68. The van der Waals surface area contributed by atoms with Gasteiger partial charge in [-0.25, -0.2) is 0 Å². The van der Waals surface area contributed by atoms with E-state index in [1.54, 1.807) is 0 Å². The highest BCUT2D eigenvalue weighted by Gasteiger charge is 2.32. The molecule has 2 rings (SSSR count). The molecule has 0 aromatic heterocycles. The zero-order valence-electron chi connectivity index (χ0n) is 12.5. The molecule has 0 bridgehead atoms. The maximum Gasteiger partial charge on any atom is 0.304 e. The van der Waals surface area contributed by atoms with E-state index in [1.165, 1.54) is 30.4 Å². The summed E-state index contributed by atoms with van der Waals surface area (Å²) in [5.41, 5.74) is 2.68. The first kappa shape index (κ1) is 15.0. The maximum atomic E-state index is 10.8. The van der Waals surface area contributed by atoms with Crippen LogP contribution in [0.1, 0.15) is 56.7 Å². The Morgan fingerprint density at radius 2 is 2.00 bits per heavy atom. The third-order valence-electron chi connectivity index (χ3n) is 4.10. The second-order valence-corrected chi connectivity index (χ2v) is 5.78. The van der Waals surface area contributed by atoms with E-state index < -0.39 is 5.97 Å². The molecule has 0 radical (unpaired) electrons. The van der Waals surface area contributed by atoms with Crippen LogP contribution in [0.3, 0.4) is 0 Å². The van der Waals surface area contributed by atoms with Crippen molar-refractivity contribution in [3.8, 4) is 0 Å². The molecule has 1 aromatic carbocycles. The van der Waals surface area contributed by atoms with Crippen LogP contribution in [0.4, 0.5) is 0 Å². The molecule has 1 aromatic rings. The molecule has 1 unspecified atom stereocenters. The highest BCUT2D eigenvalue weighted by atomic mass is 16.4. The van der Waals surface area contributed by atoms with Crippen LogP contribution >= 0.6 is 0 Å². The van der Waals surface area contributed by atoms with Crippen molar-refractivity contribution in [2.24, 2.45) is 0 Å². The van der Waals surface area contributed by atoms with Gasteiger partial charge < -0.3 is 5.11 Å². The van der Waals surface area contributed by atoms with Crippen molar-refractivity contribution in [1.29, 1.82) is 0 Å². The molecule has 1 aliphatic rings. The lowest BCUT2D eigenvalue weighted by Crippen LogP contribution is -2.31. The smallest absolute Gasteiger partial charge is 0.304 e. The molecule has 0 heterocycles. The molecule has 20 heavy (non-hydrogen) atoms. The molecule has 3 nitrogen and oxygen atoms in total. The van der Waals surface area contributed by atoms with E-state index >= 15 is 0 Å². The van der Waals surface area contributed by atoms with E-state index in [-0.39, 0.29) is 6.42 Å². The van der Waals surface area contributed by atoms with E-state index in [0.29, 0.717) is 18.6 Å². The monoisotopic (exact) mass is 275 g/mol. The number of rotatable bonds is 8. The van der Waals surface area contributed by atoms with Crippen LogP contribution in [0.25, 0.3) is 0 Å². The number of carboxylic acid groups (broad SMARTS) is 1. The molecule has 1 fully saturated rings. The summed E-state index contributed by atoms with van der Waals surface area (Å²) in [6.45, 7) is 5.03. The number of carbonyl (C=O) groups is 1. The normalized spacial score (nSPS) is 16.4. The Kier molecular flexibility index (Phi) is 5.18. The van der Waals surface area contributed by atoms with Crippen molar-refractivity contribution in [2.75, 3.05) is 6.54 Å². The fraction of sp³-hybridized carbons (Fsp3) is 0.588. The van der Waals surface area contributed by atoms with Crippen molar-refractivity contribution in [2.45, 2.75) is 58.0 Å². The fourth-order valence-corrected chi connectivity index (χ4v) is 2.77. The first-order valence-electron chi connectivity index (χ1n) is 7.68. The summed E-state index contributed by atoms with van der Waals surface area (Å²) in [6, 6.07) is 9.70. The summed E-state index contributed by atoms with van der Waals surface area (Å²) < 4.78 is 0. The molecule has 0 saturated heterocycles. The Balaban J connectivity index is 2.02. The number of hydrogen-bond donors (Lipinski definition) is 1. The summed E-state index contributed by atoms with van der Waals surface area (Å²) in [5, 5.41) is 8.89. The van der Waals surface area contributed by atoms with Crippen LogP contribution in [-0.2, 0) is 11.2 Å². The zero-order chi connectivity index (χ0) is 14.5. The average Bonchev–Trinajstić information content (AvgIpc) is 3.24. The number of aryl methyl sites for hydroxylation is 1. The predicted octanol–water partition coefficient (Wildman–Crippen LogP) is 3.64. The molecular weight excluding hydrogens is 250 g/mol. The van der Waals surface area contributed by atoms with Gasteiger partial charge in [-0.1, -0.05) is 37.6 Å². The molecule has 110 valence electrons.